The standard InChI is InChI=1S/C16H34N4O4/c1-3-23-15(21)5-8-18-10-13-20(14-11-19-9-7-17)12-6-16(22)24-4-2/h18-19H,3-14,17H2,1-2H3. The Hall–Kier alpha value is -1.22. The molecular weight excluding hydrogens is 312 g/mol. The van der Waals surface area contributed by atoms with Crippen molar-refractivity contribution in [1.29, 1.82) is 0 Å². The van der Waals surface area contributed by atoms with Crippen molar-refractivity contribution in [3.05, 3.63) is 0 Å². The van der Waals surface area contributed by atoms with E-state index in [0.717, 1.165) is 32.7 Å². The zero-order valence-electron chi connectivity index (χ0n) is 15.1. The summed E-state index contributed by atoms with van der Waals surface area (Å²) in [7, 11) is 0. The van der Waals surface area contributed by atoms with Crippen LogP contribution in [0.25, 0.3) is 0 Å². The number of nitrogens with zero attached hydrogens (tertiary/aromatic N) is 1. The highest BCUT2D eigenvalue weighted by molar-refractivity contribution is 5.69. The summed E-state index contributed by atoms with van der Waals surface area (Å²) in [5.41, 5.74) is 5.45. The molecule has 0 saturated heterocycles. The van der Waals surface area contributed by atoms with Crippen molar-refractivity contribution in [1.82, 2.24) is 15.5 Å². The second-order valence-corrected chi connectivity index (χ2v) is 5.24. The Bertz CT molecular complexity index is 329. The fraction of sp³-hybridized carbons (Fsp3) is 0.875. The first-order chi connectivity index (χ1) is 11.6. The van der Waals surface area contributed by atoms with Crippen molar-refractivity contribution in [2.75, 3.05) is 65.6 Å². The first-order valence-corrected chi connectivity index (χ1v) is 8.79. The molecule has 0 aliphatic heterocycles. The second kappa shape index (κ2) is 16.6. The Morgan fingerprint density at radius 2 is 1.38 bits per heavy atom. The average Bonchev–Trinajstić information content (AvgIpc) is 2.56. The molecule has 0 spiro atoms. The normalized spacial score (nSPS) is 10.8. The summed E-state index contributed by atoms with van der Waals surface area (Å²) in [5.74, 6) is -0.358. The Labute approximate surface area is 145 Å². The average molecular weight is 346 g/mol. The van der Waals surface area contributed by atoms with Crippen molar-refractivity contribution < 1.29 is 19.1 Å². The SMILES string of the molecule is CCOC(=O)CCNCCN(CCNCCN)CCC(=O)OCC. The van der Waals surface area contributed by atoms with Crippen LogP contribution in [0.1, 0.15) is 26.7 Å². The van der Waals surface area contributed by atoms with Crippen LogP contribution in [0.4, 0.5) is 0 Å². The van der Waals surface area contributed by atoms with E-state index in [1.54, 1.807) is 13.8 Å². The molecule has 0 fully saturated rings. The van der Waals surface area contributed by atoms with Crippen molar-refractivity contribution in [2.24, 2.45) is 5.73 Å². The zero-order valence-corrected chi connectivity index (χ0v) is 15.1. The van der Waals surface area contributed by atoms with E-state index in [1.165, 1.54) is 0 Å². The Balaban J connectivity index is 3.95. The maximum Gasteiger partial charge on any atom is 0.307 e. The molecule has 0 heterocycles. The van der Waals surface area contributed by atoms with Gasteiger partial charge < -0.3 is 30.7 Å². The van der Waals surface area contributed by atoms with Gasteiger partial charge in [-0.1, -0.05) is 0 Å². The fourth-order valence-corrected chi connectivity index (χ4v) is 2.07. The molecule has 0 bridgehead atoms. The molecule has 0 aromatic rings. The molecule has 8 heteroatoms. The third-order valence-corrected chi connectivity index (χ3v) is 3.28. The van der Waals surface area contributed by atoms with Gasteiger partial charge in [-0.05, 0) is 13.8 Å². The summed E-state index contributed by atoms with van der Waals surface area (Å²) < 4.78 is 9.84. The molecule has 0 atom stereocenters. The van der Waals surface area contributed by atoms with Crippen LogP contribution >= 0.6 is 0 Å². The van der Waals surface area contributed by atoms with Crippen molar-refractivity contribution >= 4 is 11.9 Å². The van der Waals surface area contributed by atoms with Gasteiger partial charge in [0.2, 0.25) is 0 Å². The van der Waals surface area contributed by atoms with E-state index in [2.05, 4.69) is 15.5 Å². The molecule has 0 radical (unpaired) electrons. The van der Waals surface area contributed by atoms with Gasteiger partial charge in [0.05, 0.1) is 26.1 Å². The molecule has 0 unspecified atom stereocenters. The van der Waals surface area contributed by atoms with Crippen LogP contribution in [0, 0.1) is 0 Å². The molecule has 0 aliphatic rings. The summed E-state index contributed by atoms with van der Waals surface area (Å²) in [4.78, 5) is 24.9. The third kappa shape index (κ3) is 14.4. The second-order valence-electron chi connectivity index (χ2n) is 5.24. The molecule has 142 valence electrons. The molecule has 4 N–H and O–H groups in total. The van der Waals surface area contributed by atoms with Crippen LogP contribution < -0.4 is 16.4 Å². The predicted molar refractivity (Wildman–Crippen MR) is 93.7 cm³/mol. The zero-order chi connectivity index (χ0) is 18.0. The van der Waals surface area contributed by atoms with Crippen LogP contribution in [0.2, 0.25) is 0 Å². The first-order valence-electron chi connectivity index (χ1n) is 8.79. The van der Waals surface area contributed by atoms with E-state index in [-0.39, 0.29) is 11.9 Å². The van der Waals surface area contributed by atoms with E-state index in [9.17, 15) is 9.59 Å². The van der Waals surface area contributed by atoms with Crippen molar-refractivity contribution in [3.8, 4) is 0 Å². The van der Waals surface area contributed by atoms with Crippen LogP contribution in [0.15, 0.2) is 0 Å². The van der Waals surface area contributed by atoms with Crippen molar-refractivity contribution in [3.63, 3.8) is 0 Å². The minimum Gasteiger partial charge on any atom is -0.466 e. The summed E-state index contributed by atoms with van der Waals surface area (Å²) in [6, 6.07) is 0. The van der Waals surface area contributed by atoms with E-state index in [4.69, 9.17) is 15.2 Å². The minimum atomic E-state index is -0.185. The topological polar surface area (TPSA) is 106 Å². The summed E-state index contributed by atoms with van der Waals surface area (Å²) in [6.07, 6.45) is 0.752. The smallest absolute Gasteiger partial charge is 0.307 e. The number of nitrogens with two attached hydrogens (primary N) is 1. The van der Waals surface area contributed by atoms with Gasteiger partial charge in [0.15, 0.2) is 0 Å². The van der Waals surface area contributed by atoms with Gasteiger partial charge in [-0.2, -0.15) is 0 Å². The summed E-state index contributed by atoms with van der Waals surface area (Å²) in [6.45, 7) is 10.3. The maximum atomic E-state index is 11.5. The summed E-state index contributed by atoms with van der Waals surface area (Å²) >= 11 is 0. The number of rotatable bonds is 16. The van der Waals surface area contributed by atoms with Gasteiger partial charge >= 0.3 is 11.9 Å². The highest BCUT2D eigenvalue weighted by Gasteiger charge is 2.09. The number of hydrogen-bond donors (Lipinski definition) is 3. The monoisotopic (exact) mass is 346 g/mol. The first kappa shape index (κ1) is 22.8. The molecule has 0 rings (SSSR count). The highest BCUT2D eigenvalue weighted by atomic mass is 16.5. The molecule has 0 aromatic heterocycles. The van der Waals surface area contributed by atoms with E-state index >= 15 is 0 Å². The van der Waals surface area contributed by atoms with Crippen LogP contribution in [0.3, 0.4) is 0 Å². The van der Waals surface area contributed by atoms with E-state index < -0.39 is 0 Å². The number of esters is 2. The molecule has 0 saturated carbocycles. The Morgan fingerprint density at radius 1 is 0.833 bits per heavy atom. The van der Waals surface area contributed by atoms with Gasteiger partial charge in [-0.25, -0.2) is 0 Å². The quantitative estimate of drug-likeness (QED) is 0.250. The number of ether oxygens (including phenoxy) is 2. The predicted octanol–water partition coefficient (Wildman–Crippen LogP) is -0.667. The highest BCUT2D eigenvalue weighted by Crippen LogP contribution is 1.94. The molecule has 0 aromatic carbocycles. The van der Waals surface area contributed by atoms with Gasteiger partial charge in [-0.15, -0.1) is 0 Å². The Morgan fingerprint density at radius 3 is 1.92 bits per heavy atom. The molecule has 0 aliphatic carbocycles. The van der Waals surface area contributed by atoms with E-state index in [1.807, 2.05) is 0 Å². The lowest BCUT2D eigenvalue weighted by molar-refractivity contribution is -0.144. The van der Waals surface area contributed by atoms with E-state index in [0.29, 0.717) is 45.7 Å². The van der Waals surface area contributed by atoms with Crippen LogP contribution in [-0.2, 0) is 19.1 Å². The lowest BCUT2D eigenvalue weighted by atomic mass is 10.3. The minimum absolute atomic E-state index is 0.173. The molecular formula is C16H34N4O4. The van der Waals surface area contributed by atoms with Crippen LogP contribution in [0.5, 0.6) is 0 Å². The lowest BCUT2D eigenvalue weighted by Crippen LogP contribution is -2.39. The Kier molecular flexibility index (Phi) is 15.8. The fourth-order valence-electron chi connectivity index (χ4n) is 2.07. The number of carbonyl (C=O) groups excluding carboxylic acids is 2. The maximum absolute atomic E-state index is 11.5. The van der Waals surface area contributed by atoms with Gasteiger partial charge in [0.25, 0.3) is 0 Å². The van der Waals surface area contributed by atoms with Crippen molar-refractivity contribution in [2.45, 2.75) is 26.7 Å². The van der Waals surface area contributed by atoms with Gasteiger partial charge in [0, 0.05) is 52.4 Å². The number of carbonyl (C=O) groups is 2. The van der Waals surface area contributed by atoms with Gasteiger partial charge in [0.1, 0.15) is 0 Å². The third-order valence-electron chi connectivity index (χ3n) is 3.28. The van der Waals surface area contributed by atoms with Gasteiger partial charge in [-0.3, -0.25) is 9.59 Å². The lowest BCUT2D eigenvalue weighted by Gasteiger charge is -2.22. The largest absolute Gasteiger partial charge is 0.466 e. The van der Waals surface area contributed by atoms with Crippen LogP contribution in [-0.4, -0.2) is 82.4 Å². The molecule has 8 nitrogen and oxygen atoms in total. The number of nitrogens with one attached hydrogen (secondary N) is 2. The molecule has 0 amide bonds. The summed E-state index contributed by atoms with van der Waals surface area (Å²) in [5, 5.41) is 6.46. The molecule has 24 heavy (non-hydrogen) atoms. The number of hydrogen-bond acceptors (Lipinski definition) is 8.